The third kappa shape index (κ3) is 4.47. The van der Waals surface area contributed by atoms with Crippen LogP contribution in [0.2, 0.25) is 0 Å². The van der Waals surface area contributed by atoms with Crippen molar-refractivity contribution in [1.82, 2.24) is 4.98 Å². The minimum absolute atomic E-state index is 0.472. The number of rotatable bonds is 5. The number of nitrogens with zero attached hydrogens (tertiary/aromatic N) is 1. The van der Waals surface area contributed by atoms with E-state index in [0.717, 1.165) is 35.2 Å². The Balaban J connectivity index is 2.38. The summed E-state index contributed by atoms with van der Waals surface area (Å²) < 4.78 is 0. The van der Waals surface area contributed by atoms with Crippen molar-refractivity contribution in [1.29, 1.82) is 0 Å². The fourth-order valence-corrected chi connectivity index (χ4v) is 2.56. The third-order valence-corrected chi connectivity index (χ3v) is 3.90. The van der Waals surface area contributed by atoms with Crippen LogP contribution in [0.4, 0.5) is 5.69 Å². The third-order valence-electron chi connectivity index (χ3n) is 3.54. The minimum Gasteiger partial charge on any atom is -0.315 e. The molecule has 3 nitrogen and oxygen atoms in total. The Hall–Kier alpha value is -2.57. The van der Waals surface area contributed by atoms with Gasteiger partial charge in [0, 0.05) is 33.7 Å². The number of benzene rings is 1. The first-order valence-electron chi connectivity index (χ1n) is 7.76. The number of aromatic nitrogens is 1. The van der Waals surface area contributed by atoms with E-state index in [9.17, 15) is 4.79 Å². The maximum absolute atomic E-state index is 11.3. The predicted molar refractivity (Wildman–Crippen MR) is 101 cm³/mol. The second-order valence-corrected chi connectivity index (χ2v) is 5.78. The SMILES string of the molecule is C#CC(=O)Nc1cccc(-c2cnc(C)c(/C(Cl)=C\CCC)c2)c1. The first-order valence-corrected chi connectivity index (χ1v) is 8.13. The lowest BCUT2D eigenvalue weighted by atomic mass is 10.0. The molecule has 0 aliphatic carbocycles. The van der Waals surface area contributed by atoms with Crippen molar-refractivity contribution in [2.45, 2.75) is 26.7 Å². The summed E-state index contributed by atoms with van der Waals surface area (Å²) in [6.07, 6.45) is 10.9. The summed E-state index contributed by atoms with van der Waals surface area (Å²) in [6, 6.07) is 9.46. The second kappa shape index (κ2) is 8.33. The lowest BCUT2D eigenvalue weighted by Crippen LogP contribution is -2.07. The van der Waals surface area contributed by atoms with Crippen LogP contribution < -0.4 is 5.32 Å². The molecule has 2 aromatic rings. The van der Waals surface area contributed by atoms with Gasteiger partial charge in [-0.3, -0.25) is 9.78 Å². The molecule has 122 valence electrons. The summed E-state index contributed by atoms with van der Waals surface area (Å²) in [6.45, 7) is 4.04. The van der Waals surface area contributed by atoms with Crippen molar-refractivity contribution >= 4 is 28.2 Å². The summed E-state index contributed by atoms with van der Waals surface area (Å²) in [5.74, 6) is 1.56. The number of hydrogen-bond acceptors (Lipinski definition) is 2. The average molecular weight is 339 g/mol. The first kappa shape index (κ1) is 17.8. The average Bonchev–Trinajstić information content (AvgIpc) is 2.60. The molecule has 0 bridgehead atoms. The van der Waals surface area contributed by atoms with Crippen LogP contribution in [-0.2, 0) is 4.79 Å². The molecule has 1 aromatic carbocycles. The summed E-state index contributed by atoms with van der Waals surface area (Å²) in [5.41, 5.74) is 4.30. The van der Waals surface area contributed by atoms with E-state index in [1.165, 1.54) is 0 Å². The van der Waals surface area contributed by atoms with E-state index >= 15 is 0 Å². The van der Waals surface area contributed by atoms with E-state index < -0.39 is 5.91 Å². The van der Waals surface area contributed by atoms with Crippen LogP contribution in [0.3, 0.4) is 0 Å². The molecule has 0 fully saturated rings. The molecular weight excluding hydrogens is 320 g/mol. The zero-order valence-electron chi connectivity index (χ0n) is 13.8. The molecule has 1 heterocycles. The topological polar surface area (TPSA) is 42.0 Å². The summed E-state index contributed by atoms with van der Waals surface area (Å²) in [5, 5.41) is 3.35. The zero-order chi connectivity index (χ0) is 17.5. The Kier molecular flexibility index (Phi) is 6.17. The number of allylic oxidation sites excluding steroid dienone is 1. The number of aryl methyl sites for hydroxylation is 1. The van der Waals surface area contributed by atoms with Crippen LogP contribution in [0.5, 0.6) is 0 Å². The number of nitrogens with one attached hydrogen (secondary N) is 1. The maximum atomic E-state index is 11.3. The molecule has 24 heavy (non-hydrogen) atoms. The van der Waals surface area contributed by atoms with E-state index in [2.05, 4.69) is 17.2 Å². The van der Waals surface area contributed by atoms with E-state index in [-0.39, 0.29) is 0 Å². The van der Waals surface area contributed by atoms with Gasteiger partial charge in [0.25, 0.3) is 5.91 Å². The smallest absolute Gasteiger partial charge is 0.300 e. The highest BCUT2D eigenvalue weighted by molar-refractivity contribution is 6.48. The quantitative estimate of drug-likeness (QED) is 0.779. The number of amides is 1. The van der Waals surface area contributed by atoms with Crippen LogP contribution in [0.25, 0.3) is 16.2 Å². The highest BCUT2D eigenvalue weighted by Crippen LogP contribution is 2.28. The van der Waals surface area contributed by atoms with Gasteiger partial charge in [0.2, 0.25) is 0 Å². The molecule has 0 radical (unpaired) electrons. The number of carbonyl (C=O) groups is 1. The minimum atomic E-state index is -0.472. The van der Waals surface area contributed by atoms with Crippen LogP contribution in [0.1, 0.15) is 31.0 Å². The van der Waals surface area contributed by atoms with Gasteiger partial charge in [-0.1, -0.05) is 43.2 Å². The van der Waals surface area contributed by atoms with Gasteiger partial charge in [-0.15, -0.1) is 6.42 Å². The van der Waals surface area contributed by atoms with Gasteiger partial charge in [-0.05, 0) is 43.0 Å². The lowest BCUT2D eigenvalue weighted by molar-refractivity contribution is -0.111. The molecule has 0 aliphatic heterocycles. The van der Waals surface area contributed by atoms with Crippen molar-refractivity contribution < 1.29 is 4.79 Å². The lowest BCUT2D eigenvalue weighted by Gasteiger charge is -2.09. The van der Waals surface area contributed by atoms with Crippen LogP contribution in [-0.4, -0.2) is 10.9 Å². The predicted octanol–water partition coefficient (Wildman–Crippen LogP) is 5.01. The number of hydrogen-bond donors (Lipinski definition) is 1. The Morgan fingerprint density at radius 2 is 2.17 bits per heavy atom. The molecule has 0 aliphatic rings. The fourth-order valence-electron chi connectivity index (χ4n) is 2.26. The van der Waals surface area contributed by atoms with Gasteiger partial charge < -0.3 is 5.32 Å². The number of anilines is 1. The molecule has 1 amide bonds. The number of pyridine rings is 1. The second-order valence-electron chi connectivity index (χ2n) is 5.38. The fraction of sp³-hybridized carbons (Fsp3) is 0.200. The molecule has 0 unspecified atom stereocenters. The summed E-state index contributed by atoms with van der Waals surface area (Å²) in [4.78, 5) is 15.8. The van der Waals surface area contributed by atoms with Crippen molar-refractivity contribution in [3.63, 3.8) is 0 Å². The molecule has 0 atom stereocenters. The van der Waals surface area contributed by atoms with Gasteiger partial charge in [0.1, 0.15) is 0 Å². The Morgan fingerprint density at radius 1 is 1.38 bits per heavy atom. The van der Waals surface area contributed by atoms with E-state index in [1.54, 1.807) is 12.3 Å². The molecule has 2 rings (SSSR count). The van der Waals surface area contributed by atoms with Crippen LogP contribution in [0.15, 0.2) is 42.6 Å². The number of terminal acetylenes is 1. The normalized spacial score (nSPS) is 11.0. The Morgan fingerprint density at radius 3 is 2.88 bits per heavy atom. The van der Waals surface area contributed by atoms with Crippen molar-refractivity contribution in [2.75, 3.05) is 5.32 Å². The van der Waals surface area contributed by atoms with E-state index in [4.69, 9.17) is 18.0 Å². The molecule has 0 spiro atoms. The summed E-state index contributed by atoms with van der Waals surface area (Å²) >= 11 is 6.41. The van der Waals surface area contributed by atoms with E-state index in [0.29, 0.717) is 10.7 Å². The molecule has 0 saturated carbocycles. The molecule has 4 heteroatoms. The monoisotopic (exact) mass is 338 g/mol. The number of carbonyl (C=O) groups excluding carboxylic acids is 1. The largest absolute Gasteiger partial charge is 0.315 e. The van der Waals surface area contributed by atoms with Gasteiger partial charge in [0.05, 0.1) is 0 Å². The highest BCUT2D eigenvalue weighted by atomic mass is 35.5. The van der Waals surface area contributed by atoms with Crippen molar-refractivity contribution in [3.8, 4) is 23.5 Å². The number of halogens is 1. The van der Waals surface area contributed by atoms with Gasteiger partial charge in [-0.25, -0.2) is 0 Å². The maximum Gasteiger partial charge on any atom is 0.300 e. The van der Waals surface area contributed by atoms with E-state index in [1.807, 2.05) is 43.2 Å². The van der Waals surface area contributed by atoms with Crippen LogP contribution in [0, 0.1) is 19.3 Å². The van der Waals surface area contributed by atoms with Crippen LogP contribution >= 0.6 is 11.6 Å². The van der Waals surface area contributed by atoms with Gasteiger partial charge in [0.15, 0.2) is 0 Å². The standard InChI is InChI=1S/C20H19ClN2O/c1-4-6-10-19(21)18-12-16(13-22-14(18)3)15-8-7-9-17(11-15)23-20(24)5-2/h2,7-13H,4,6H2,1,3H3,(H,23,24)/b19-10+. The van der Waals surface area contributed by atoms with Gasteiger partial charge >= 0.3 is 0 Å². The molecule has 1 aromatic heterocycles. The highest BCUT2D eigenvalue weighted by Gasteiger charge is 2.08. The Bertz CT molecular complexity index is 819. The number of unbranched alkanes of at least 4 members (excludes halogenated alkanes) is 1. The molecule has 1 N–H and O–H groups in total. The van der Waals surface area contributed by atoms with Crippen molar-refractivity contribution in [3.05, 3.63) is 53.9 Å². The molecular formula is C20H19ClN2O. The van der Waals surface area contributed by atoms with Crippen molar-refractivity contribution in [2.24, 2.45) is 0 Å². The van der Waals surface area contributed by atoms with Gasteiger partial charge in [-0.2, -0.15) is 0 Å². The Labute approximate surface area is 147 Å². The summed E-state index contributed by atoms with van der Waals surface area (Å²) in [7, 11) is 0. The molecule has 0 saturated heterocycles. The first-order chi connectivity index (χ1) is 11.5. The zero-order valence-corrected chi connectivity index (χ0v) is 14.5.